The summed E-state index contributed by atoms with van der Waals surface area (Å²) in [5.74, 6) is 1.59. The number of hydrogen-bond acceptors (Lipinski definition) is 3. The van der Waals surface area contributed by atoms with Gasteiger partial charge in [-0.2, -0.15) is 0 Å². The zero-order valence-electron chi connectivity index (χ0n) is 15.1. The van der Waals surface area contributed by atoms with E-state index < -0.39 is 0 Å². The summed E-state index contributed by atoms with van der Waals surface area (Å²) in [6.45, 7) is 3.94. The van der Waals surface area contributed by atoms with Gasteiger partial charge < -0.3 is 15.4 Å². The summed E-state index contributed by atoms with van der Waals surface area (Å²) in [7, 11) is 0. The average Bonchev–Trinajstić information content (AvgIpc) is 2.61. The number of benzene rings is 1. The summed E-state index contributed by atoms with van der Waals surface area (Å²) >= 11 is 0. The van der Waals surface area contributed by atoms with Gasteiger partial charge in [0.25, 0.3) is 5.91 Å². The lowest BCUT2D eigenvalue weighted by molar-refractivity contribution is 0.0925. The standard InChI is InChI=1S/C20H30N2O2.ClH/c1-15-13-18(11-12-21-15)22-20(23)17-7-9-19(10-8-17)24-14-16-5-3-2-4-6-16;/h7-10,15-16,18,21H,2-6,11-14H2,1H3,(H,22,23);1H. The number of amides is 1. The molecule has 4 nitrogen and oxygen atoms in total. The molecule has 1 aromatic rings. The molecule has 0 bridgehead atoms. The van der Waals surface area contributed by atoms with Crippen molar-refractivity contribution >= 4 is 18.3 Å². The molecule has 2 unspecified atom stereocenters. The minimum Gasteiger partial charge on any atom is -0.493 e. The summed E-state index contributed by atoms with van der Waals surface area (Å²) in [5, 5.41) is 6.55. The predicted molar refractivity (Wildman–Crippen MR) is 104 cm³/mol. The van der Waals surface area contributed by atoms with Crippen molar-refractivity contribution in [2.45, 2.75) is 64.0 Å². The SMILES string of the molecule is CC1CC(NC(=O)c2ccc(OCC3CCCCC3)cc2)CCN1.Cl. The lowest BCUT2D eigenvalue weighted by atomic mass is 9.90. The van der Waals surface area contributed by atoms with Crippen LogP contribution in [-0.4, -0.2) is 31.1 Å². The van der Waals surface area contributed by atoms with E-state index in [1.54, 1.807) is 0 Å². The molecule has 2 aliphatic rings. The maximum absolute atomic E-state index is 12.4. The van der Waals surface area contributed by atoms with Gasteiger partial charge in [-0.1, -0.05) is 19.3 Å². The van der Waals surface area contributed by atoms with Crippen LogP contribution in [0.3, 0.4) is 0 Å². The van der Waals surface area contributed by atoms with Crippen molar-refractivity contribution in [2.24, 2.45) is 5.92 Å². The Morgan fingerprint density at radius 2 is 1.88 bits per heavy atom. The molecule has 0 spiro atoms. The highest BCUT2D eigenvalue weighted by molar-refractivity contribution is 5.94. The van der Waals surface area contributed by atoms with E-state index >= 15 is 0 Å². The summed E-state index contributed by atoms with van der Waals surface area (Å²) < 4.78 is 5.90. The number of nitrogens with one attached hydrogen (secondary N) is 2. The monoisotopic (exact) mass is 366 g/mol. The molecule has 1 saturated carbocycles. The molecule has 1 aliphatic carbocycles. The quantitative estimate of drug-likeness (QED) is 0.829. The number of carbonyl (C=O) groups excluding carboxylic acids is 1. The van der Waals surface area contributed by atoms with E-state index in [0.717, 1.165) is 31.7 Å². The van der Waals surface area contributed by atoms with Gasteiger partial charge in [-0.15, -0.1) is 12.4 Å². The van der Waals surface area contributed by atoms with Crippen LogP contribution in [0.2, 0.25) is 0 Å². The van der Waals surface area contributed by atoms with Gasteiger partial charge in [0.2, 0.25) is 0 Å². The molecule has 5 heteroatoms. The molecule has 2 atom stereocenters. The smallest absolute Gasteiger partial charge is 0.251 e. The van der Waals surface area contributed by atoms with E-state index in [4.69, 9.17) is 4.74 Å². The molecule has 0 aromatic heterocycles. The van der Waals surface area contributed by atoms with Gasteiger partial charge in [-0.25, -0.2) is 0 Å². The lowest BCUT2D eigenvalue weighted by Crippen LogP contribution is -2.46. The Balaban J connectivity index is 0.00000225. The van der Waals surface area contributed by atoms with Crippen LogP contribution >= 0.6 is 12.4 Å². The van der Waals surface area contributed by atoms with Gasteiger partial charge in [-0.3, -0.25) is 4.79 Å². The summed E-state index contributed by atoms with van der Waals surface area (Å²) in [6.07, 6.45) is 8.61. The largest absolute Gasteiger partial charge is 0.493 e. The zero-order chi connectivity index (χ0) is 16.8. The minimum absolute atomic E-state index is 0. The molecule has 2 N–H and O–H groups in total. The summed E-state index contributed by atoms with van der Waals surface area (Å²) in [5.41, 5.74) is 0.714. The molecule has 1 amide bonds. The van der Waals surface area contributed by atoms with Gasteiger partial charge in [0.15, 0.2) is 0 Å². The number of rotatable bonds is 5. The Labute approximate surface area is 157 Å². The van der Waals surface area contributed by atoms with Crippen LogP contribution in [0.15, 0.2) is 24.3 Å². The fourth-order valence-corrected chi connectivity index (χ4v) is 3.80. The molecular formula is C20H31ClN2O2. The van der Waals surface area contributed by atoms with Crippen molar-refractivity contribution in [1.82, 2.24) is 10.6 Å². The lowest BCUT2D eigenvalue weighted by Gasteiger charge is -2.28. The molecular weight excluding hydrogens is 336 g/mol. The van der Waals surface area contributed by atoms with E-state index in [0.29, 0.717) is 17.5 Å². The van der Waals surface area contributed by atoms with Gasteiger partial charge in [0, 0.05) is 17.6 Å². The third kappa shape index (κ3) is 6.19. The topological polar surface area (TPSA) is 50.4 Å². The molecule has 0 radical (unpaired) electrons. The van der Waals surface area contributed by atoms with E-state index in [-0.39, 0.29) is 24.4 Å². The number of ether oxygens (including phenoxy) is 1. The highest BCUT2D eigenvalue weighted by Crippen LogP contribution is 2.24. The van der Waals surface area contributed by atoms with Crippen molar-refractivity contribution < 1.29 is 9.53 Å². The molecule has 1 saturated heterocycles. The van der Waals surface area contributed by atoms with Gasteiger partial charge in [-0.05, 0) is 69.3 Å². The number of piperidine rings is 1. The van der Waals surface area contributed by atoms with E-state index in [2.05, 4.69) is 17.6 Å². The highest BCUT2D eigenvalue weighted by Gasteiger charge is 2.20. The maximum Gasteiger partial charge on any atom is 0.251 e. The highest BCUT2D eigenvalue weighted by atomic mass is 35.5. The van der Waals surface area contributed by atoms with Crippen LogP contribution in [-0.2, 0) is 0 Å². The summed E-state index contributed by atoms with van der Waals surface area (Å²) in [6, 6.07) is 8.33. The van der Waals surface area contributed by atoms with E-state index in [1.807, 2.05) is 24.3 Å². The van der Waals surface area contributed by atoms with E-state index in [9.17, 15) is 4.79 Å². The predicted octanol–water partition coefficient (Wildman–Crippen LogP) is 3.94. The van der Waals surface area contributed by atoms with Crippen molar-refractivity contribution in [3.63, 3.8) is 0 Å². The fourth-order valence-electron chi connectivity index (χ4n) is 3.80. The molecule has 25 heavy (non-hydrogen) atoms. The number of halogens is 1. The van der Waals surface area contributed by atoms with Crippen LogP contribution in [0.25, 0.3) is 0 Å². The molecule has 1 aromatic carbocycles. The van der Waals surface area contributed by atoms with Crippen LogP contribution in [0, 0.1) is 5.92 Å². The van der Waals surface area contributed by atoms with Crippen molar-refractivity contribution in [2.75, 3.05) is 13.2 Å². The number of hydrogen-bond donors (Lipinski definition) is 2. The molecule has 1 aliphatic heterocycles. The molecule has 2 fully saturated rings. The van der Waals surface area contributed by atoms with Gasteiger partial charge >= 0.3 is 0 Å². The van der Waals surface area contributed by atoms with Crippen LogP contribution in [0.1, 0.15) is 62.2 Å². The molecule has 1 heterocycles. The second-order valence-electron chi connectivity index (χ2n) is 7.39. The first-order valence-electron chi connectivity index (χ1n) is 9.48. The van der Waals surface area contributed by atoms with Crippen molar-refractivity contribution in [3.05, 3.63) is 29.8 Å². The van der Waals surface area contributed by atoms with Gasteiger partial charge in [0.1, 0.15) is 5.75 Å². The third-order valence-electron chi connectivity index (χ3n) is 5.29. The average molecular weight is 367 g/mol. The van der Waals surface area contributed by atoms with Crippen molar-refractivity contribution in [3.8, 4) is 5.75 Å². The second-order valence-corrected chi connectivity index (χ2v) is 7.39. The first-order chi connectivity index (χ1) is 11.7. The molecule has 140 valence electrons. The Kier molecular flexibility index (Phi) is 8.04. The molecule has 3 rings (SSSR count). The second kappa shape index (κ2) is 10.0. The first-order valence-corrected chi connectivity index (χ1v) is 9.48. The Bertz CT molecular complexity index is 529. The van der Waals surface area contributed by atoms with Gasteiger partial charge in [0.05, 0.1) is 6.61 Å². The normalized spacial score (nSPS) is 24.2. The van der Waals surface area contributed by atoms with E-state index in [1.165, 1.54) is 32.1 Å². The minimum atomic E-state index is 0. The maximum atomic E-state index is 12.4. The number of carbonyl (C=O) groups is 1. The summed E-state index contributed by atoms with van der Waals surface area (Å²) in [4.78, 5) is 12.4. The first kappa shape index (κ1) is 20.1. The van der Waals surface area contributed by atoms with Crippen LogP contribution < -0.4 is 15.4 Å². The third-order valence-corrected chi connectivity index (χ3v) is 5.29. The fraction of sp³-hybridized carbons (Fsp3) is 0.650. The Morgan fingerprint density at radius 1 is 1.16 bits per heavy atom. The van der Waals surface area contributed by atoms with Crippen LogP contribution in [0.4, 0.5) is 0 Å². The van der Waals surface area contributed by atoms with Crippen LogP contribution in [0.5, 0.6) is 5.75 Å². The Hall–Kier alpha value is -1.26. The zero-order valence-corrected chi connectivity index (χ0v) is 15.9. The Morgan fingerprint density at radius 3 is 2.56 bits per heavy atom. The van der Waals surface area contributed by atoms with Crippen molar-refractivity contribution in [1.29, 1.82) is 0 Å².